The van der Waals surface area contributed by atoms with Crippen LogP contribution in [0.15, 0.2) is 35.1 Å². The molecule has 0 saturated heterocycles. The summed E-state index contributed by atoms with van der Waals surface area (Å²) in [5, 5.41) is 0.921. The maximum Gasteiger partial charge on any atom is 0.256 e. The minimum Gasteiger partial charge on any atom is -0.342 e. The van der Waals surface area contributed by atoms with E-state index in [1.54, 1.807) is 11.0 Å². The molecule has 0 saturated carbocycles. The highest BCUT2D eigenvalue weighted by Crippen LogP contribution is 2.13. The van der Waals surface area contributed by atoms with Crippen LogP contribution in [0.4, 0.5) is 0 Å². The summed E-state index contributed by atoms with van der Waals surface area (Å²) in [6, 6.07) is 9.35. The van der Waals surface area contributed by atoms with Crippen LogP contribution in [0, 0.1) is 0 Å². The zero-order chi connectivity index (χ0) is 15.4. The van der Waals surface area contributed by atoms with Gasteiger partial charge < -0.3 is 10.6 Å². The molecule has 0 atom stereocenters. The lowest BCUT2D eigenvalue weighted by Gasteiger charge is -2.20. The van der Waals surface area contributed by atoms with Crippen molar-refractivity contribution in [3.05, 3.63) is 46.2 Å². The number of aromatic nitrogens is 1. The van der Waals surface area contributed by atoms with E-state index >= 15 is 0 Å². The predicted octanol–water partition coefficient (Wildman–Crippen LogP) is 1.33. The highest BCUT2D eigenvalue weighted by atomic mass is 16.2. The minimum absolute atomic E-state index is 0.0505. The third-order valence-electron chi connectivity index (χ3n) is 3.71. The van der Waals surface area contributed by atoms with Crippen molar-refractivity contribution in [2.75, 3.05) is 13.1 Å². The van der Waals surface area contributed by atoms with Crippen LogP contribution in [0.25, 0.3) is 10.9 Å². The fourth-order valence-corrected chi connectivity index (χ4v) is 2.50. The van der Waals surface area contributed by atoms with Gasteiger partial charge in [-0.3, -0.25) is 14.2 Å². The van der Waals surface area contributed by atoms with Crippen LogP contribution in [0.2, 0.25) is 0 Å². The molecular weight excluding hydrogens is 266 g/mol. The third kappa shape index (κ3) is 2.97. The van der Waals surface area contributed by atoms with Gasteiger partial charge in [0, 0.05) is 25.2 Å². The summed E-state index contributed by atoms with van der Waals surface area (Å²) in [6.45, 7) is 5.35. The lowest BCUT2D eigenvalue weighted by molar-refractivity contribution is -0.131. The Labute approximate surface area is 124 Å². The number of carbonyl (C=O) groups is 1. The number of rotatable bonds is 5. The highest BCUT2D eigenvalue weighted by molar-refractivity contribution is 5.82. The van der Waals surface area contributed by atoms with E-state index < -0.39 is 0 Å². The molecule has 5 heteroatoms. The SMILES string of the molecule is CCN(CC)C(=O)Cn1c(=O)c(CN)cc2ccccc21. The smallest absolute Gasteiger partial charge is 0.256 e. The lowest BCUT2D eigenvalue weighted by atomic mass is 10.1. The van der Waals surface area contributed by atoms with Gasteiger partial charge in [0.15, 0.2) is 0 Å². The van der Waals surface area contributed by atoms with Crippen LogP contribution in [-0.2, 0) is 17.9 Å². The topological polar surface area (TPSA) is 68.3 Å². The average Bonchev–Trinajstić information content (AvgIpc) is 2.51. The minimum atomic E-state index is -0.184. The van der Waals surface area contributed by atoms with E-state index in [1.165, 1.54) is 4.57 Å². The Hall–Kier alpha value is -2.14. The Morgan fingerprint density at radius 2 is 1.90 bits per heavy atom. The van der Waals surface area contributed by atoms with E-state index in [-0.39, 0.29) is 24.6 Å². The Morgan fingerprint density at radius 1 is 1.24 bits per heavy atom. The fourth-order valence-electron chi connectivity index (χ4n) is 2.50. The zero-order valence-corrected chi connectivity index (χ0v) is 12.5. The maximum atomic E-state index is 12.5. The number of amides is 1. The molecule has 0 unspecified atom stereocenters. The summed E-state index contributed by atoms with van der Waals surface area (Å²) in [5.41, 5.74) is 6.75. The second kappa shape index (κ2) is 6.54. The Kier molecular flexibility index (Phi) is 4.75. The predicted molar refractivity (Wildman–Crippen MR) is 84.0 cm³/mol. The Morgan fingerprint density at radius 3 is 2.52 bits per heavy atom. The molecule has 21 heavy (non-hydrogen) atoms. The Bertz CT molecular complexity index is 702. The summed E-state index contributed by atoms with van der Waals surface area (Å²) >= 11 is 0. The number of hydrogen-bond donors (Lipinski definition) is 1. The van der Waals surface area contributed by atoms with Crippen molar-refractivity contribution in [3.63, 3.8) is 0 Å². The standard InChI is InChI=1S/C16H21N3O2/c1-3-18(4-2)15(20)11-19-14-8-6-5-7-12(14)9-13(10-17)16(19)21/h5-9H,3-4,10-11,17H2,1-2H3. The van der Waals surface area contributed by atoms with Crippen LogP contribution in [0.3, 0.4) is 0 Å². The van der Waals surface area contributed by atoms with Crippen molar-refractivity contribution in [3.8, 4) is 0 Å². The van der Waals surface area contributed by atoms with Crippen LogP contribution in [0.5, 0.6) is 0 Å². The number of likely N-dealkylation sites (N-methyl/N-ethyl adjacent to an activating group) is 1. The molecule has 0 radical (unpaired) electrons. The highest BCUT2D eigenvalue weighted by Gasteiger charge is 2.14. The van der Waals surface area contributed by atoms with E-state index in [9.17, 15) is 9.59 Å². The summed E-state index contributed by atoms with van der Waals surface area (Å²) in [4.78, 5) is 26.5. The number of hydrogen-bond acceptors (Lipinski definition) is 3. The molecule has 2 N–H and O–H groups in total. The first kappa shape index (κ1) is 15.3. The molecule has 2 aromatic rings. The summed E-state index contributed by atoms with van der Waals surface area (Å²) in [6.07, 6.45) is 0. The fraction of sp³-hybridized carbons (Fsp3) is 0.375. The summed E-state index contributed by atoms with van der Waals surface area (Å²) < 4.78 is 1.53. The molecule has 1 amide bonds. The summed E-state index contributed by atoms with van der Waals surface area (Å²) in [7, 11) is 0. The lowest BCUT2D eigenvalue weighted by Crippen LogP contribution is -2.37. The molecule has 0 bridgehead atoms. The van der Waals surface area contributed by atoms with Gasteiger partial charge in [-0.1, -0.05) is 18.2 Å². The molecule has 5 nitrogen and oxygen atoms in total. The van der Waals surface area contributed by atoms with E-state index in [0.29, 0.717) is 18.7 Å². The molecule has 1 aromatic carbocycles. The van der Waals surface area contributed by atoms with Crippen LogP contribution in [0.1, 0.15) is 19.4 Å². The van der Waals surface area contributed by atoms with E-state index in [2.05, 4.69) is 0 Å². The molecule has 1 aromatic heterocycles. The van der Waals surface area contributed by atoms with Gasteiger partial charge in [0.2, 0.25) is 5.91 Å². The third-order valence-corrected chi connectivity index (χ3v) is 3.71. The second-order valence-electron chi connectivity index (χ2n) is 4.89. The van der Waals surface area contributed by atoms with Crippen LogP contribution in [-0.4, -0.2) is 28.5 Å². The number of nitrogens with zero attached hydrogens (tertiary/aromatic N) is 2. The number of fused-ring (bicyclic) bond motifs is 1. The van der Waals surface area contributed by atoms with Gasteiger partial charge in [-0.2, -0.15) is 0 Å². The molecule has 112 valence electrons. The van der Waals surface area contributed by atoms with Crippen molar-refractivity contribution in [1.29, 1.82) is 0 Å². The van der Waals surface area contributed by atoms with Gasteiger partial charge in [-0.25, -0.2) is 0 Å². The monoisotopic (exact) mass is 287 g/mol. The van der Waals surface area contributed by atoms with Crippen LogP contribution >= 0.6 is 0 Å². The van der Waals surface area contributed by atoms with Gasteiger partial charge in [0.25, 0.3) is 5.56 Å². The van der Waals surface area contributed by atoms with Gasteiger partial charge >= 0.3 is 0 Å². The number of benzene rings is 1. The van der Waals surface area contributed by atoms with Crippen molar-refractivity contribution in [1.82, 2.24) is 9.47 Å². The molecule has 0 aliphatic carbocycles. The Balaban J connectivity index is 2.54. The van der Waals surface area contributed by atoms with Crippen molar-refractivity contribution >= 4 is 16.8 Å². The maximum absolute atomic E-state index is 12.5. The molecular formula is C16H21N3O2. The van der Waals surface area contributed by atoms with Crippen molar-refractivity contribution in [2.24, 2.45) is 5.73 Å². The summed E-state index contributed by atoms with van der Waals surface area (Å²) in [5.74, 6) is -0.0542. The molecule has 1 heterocycles. The molecule has 2 rings (SSSR count). The average molecular weight is 287 g/mol. The zero-order valence-electron chi connectivity index (χ0n) is 12.5. The van der Waals surface area contributed by atoms with Crippen molar-refractivity contribution in [2.45, 2.75) is 26.9 Å². The molecule has 0 aliphatic heterocycles. The molecule has 0 fully saturated rings. The first-order valence-corrected chi connectivity index (χ1v) is 7.21. The van der Waals surface area contributed by atoms with E-state index in [0.717, 1.165) is 10.9 Å². The van der Waals surface area contributed by atoms with Gasteiger partial charge in [-0.15, -0.1) is 0 Å². The van der Waals surface area contributed by atoms with Crippen LogP contribution < -0.4 is 11.3 Å². The van der Waals surface area contributed by atoms with E-state index in [4.69, 9.17) is 5.73 Å². The first-order valence-electron chi connectivity index (χ1n) is 7.21. The van der Waals surface area contributed by atoms with Gasteiger partial charge in [-0.05, 0) is 31.4 Å². The molecule has 0 spiro atoms. The number of para-hydroxylation sites is 1. The van der Waals surface area contributed by atoms with Crippen molar-refractivity contribution < 1.29 is 4.79 Å². The quantitative estimate of drug-likeness (QED) is 0.902. The second-order valence-corrected chi connectivity index (χ2v) is 4.89. The normalized spacial score (nSPS) is 10.8. The first-order chi connectivity index (χ1) is 10.1. The van der Waals surface area contributed by atoms with E-state index in [1.807, 2.05) is 38.1 Å². The van der Waals surface area contributed by atoms with Gasteiger partial charge in [0.1, 0.15) is 6.54 Å². The largest absolute Gasteiger partial charge is 0.342 e. The number of carbonyl (C=O) groups excluding carboxylic acids is 1. The number of pyridine rings is 1. The van der Waals surface area contributed by atoms with Gasteiger partial charge in [0.05, 0.1) is 5.52 Å². The number of nitrogens with two attached hydrogens (primary N) is 1. The molecule has 0 aliphatic rings.